The number of halogens is 2. The molecule has 1 aromatic carbocycles. The third kappa shape index (κ3) is 6.89. The first-order valence-corrected chi connectivity index (χ1v) is 11.2. The van der Waals surface area contributed by atoms with Gasteiger partial charge in [0.05, 0.1) is 23.2 Å². The molecule has 0 radical (unpaired) electrons. The fourth-order valence-corrected chi connectivity index (χ4v) is 3.74. The zero-order chi connectivity index (χ0) is 22.9. The van der Waals surface area contributed by atoms with Crippen LogP contribution in [-0.2, 0) is 17.8 Å². The zero-order valence-corrected chi connectivity index (χ0v) is 19.5. The number of hydrogen-bond acceptors (Lipinski definition) is 6. The van der Waals surface area contributed by atoms with Crippen molar-refractivity contribution in [2.24, 2.45) is 0 Å². The number of ether oxygens (including phenoxy) is 1. The first-order chi connectivity index (χ1) is 15.5. The molecule has 0 atom stereocenters. The van der Waals surface area contributed by atoms with Gasteiger partial charge in [0.25, 0.3) is 5.91 Å². The molecule has 0 aliphatic carbocycles. The van der Waals surface area contributed by atoms with Crippen LogP contribution < -0.4 is 10.6 Å². The van der Waals surface area contributed by atoms with Crippen LogP contribution in [0.15, 0.2) is 48.1 Å². The molecular formula is C21H21Cl2N5O3S. The molecule has 8 nitrogen and oxygen atoms in total. The Bertz CT molecular complexity index is 1060. The minimum absolute atomic E-state index is 0.219. The second kappa shape index (κ2) is 11.8. The number of hydrogen-bond donors (Lipinski definition) is 2. The fourth-order valence-electron chi connectivity index (χ4n) is 2.66. The molecule has 3 rings (SSSR count). The summed E-state index contributed by atoms with van der Waals surface area (Å²) in [6.45, 7) is 1.26. The predicted molar refractivity (Wildman–Crippen MR) is 125 cm³/mol. The number of benzene rings is 1. The minimum atomic E-state index is -0.349. The molecule has 0 aliphatic rings. The summed E-state index contributed by atoms with van der Waals surface area (Å²) in [4.78, 5) is 35.1. The van der Waals surface area contributed by atoms with Crippen molar-refractivity contribution in [1.82, 2.24) is 20.2 Å². The lowest BCUT2D eigenvalue weighted by Crippen LogP contribution is -2.36. The van der Waals surface area contributed by atoms with Crippen LogP contribution in [0.5, 0.6) is 0 Å². The lowest BCUT2D eigenvalue weighted by molar-refractivity contribution is 0.0946. The first-order valence-electron chi connectivity index (χ1n) is 9.57. The van der Waals surface area contributed by atoms with E-state index in [1.165, 1.54) is 11.3 Å². The molecule has 3 amide bonds. The smallest absolute Gasteiger partial charge is 0.322 e. The van der Waals surface area contributed by atoms with E-state index >= 15 is 0 Å². The van der Waals surface area contributed by atoms with Crippen LogP contribution in [0.3, 0.4) is 0 Å². The number of aromatic nitrogens is 2. The summed E-state index contributed by atoms with van der Waals surface area (Å²) in [6, 6.07) is 8.17. The third-order valence-corrected chi connectivity index (χ3v) is 5.88. The van der Waals surface area contributed by atoms with Gasteiger partial charge in [-0.15, -0.1) is 11.3 Å². The van der Waals surface area contributed by atoms with Crippen molar-refractivity contribution in [3.8, 4) is 0 Å². The number of carbonyl (C=O) groups excluding carboxylic acids is 2. The Hall–Kier alpha value is -2.72. The summed E-state index contributed by atoms with van der Waals surface area (Å²) in [5.74, 6) is -0.292. The zero-order valence-electron chi connectivity index (χ0n) is 17.2. The van der Waals surface area contributed by atoms with Crippen LogP contribution in [0.4, 0.5) is 10.5 Å². The van der Waals surface area contributed by atoms with Crippen molar-refractivity contribution in [3.63, 3.8) is 0 Å². The normalized spacial score (nSPS) is 10.6. The fraction of sp³-hybridized carbons (Fsp3) is 0.238. The van der Waals surface area contributed by atoms with Crippen LogP contribution in [0.2, 0.25) is 10.0 Å². The lowest BCUT2D eigenvalue weighted by atomic mass is 10.3. The number of amides is 3. The second-order valence-electron chi connectivity index (χ2n) is 6.64. The van der Waals surface area contributed by atoms with E-state index in [-0.39, 0.29) is 18.5 Å². The summed E-state index contributed by atoms with van der Waals surface area (Å²) < 4.78 is 5.12. The van der Waals surface area contributed by atoms with Gasteiger partial charge in [0.2, 0.25) is 0 Å². The van der Waals surface area contributed by atoms with Gasteiger partial charge in [-0.2, -0.15) is 0 Å². The van der Waals surface area contributed by atoms with E-state index in [4.69, 9.17) is 27.9 Å². The minimum Gasteiger partial charge on any atom is -0.383 e. The van der Waals surface area contributed by atoms with Gasteiger partial charge in [-0.3, -0.25) is 9.78 Å². The van der Waals surface area contributed by atoms with Crippen molar-refractivity contribution >= 4 is 52.2 Å². The van der Waals surface area contributed by atoms with Gasteiger partial charge < -0.3 is 20.3 Å². The van der Waals surface area contributed by atoms with E-state index in [1.807, 2.05) is 6.07 Å². The lowest BCUT2D eigenvalue weighted by Gasteiger charge is -2.22. The van der Waals surface area contributed by atoms with Crippen molar-refractivity contribution in [1.29, 1.82) is 0 Å². The molecule has 11 heteroatoms. The van der Waals surface area contributed by atoms with E-state index in [0.29, 0.717) is 46.1 Å². The Morgan fingerprint density at radius 1 is 1.22 bits per heavy atom. The molecule has 2 heterocycles. The van der Waals surface area contributed by atoms with E-state index in [0.717, 1.165) is 5.56 Å². The summed E-state index contributed by atoms with van der Waals surface area (Å²) >= 11 is 13.3. The molecule has 32 heavy (non-hydrogen) atoms. The van der Waals surface area contributed by atoms with Gasteiger partial charge in [-0.05, 0) is 29.8 Å². The van der Waals surface area contributed by atoms with Gasteiger partial charge in [0, 0.05) is 43.7 Å². The molecule has 0 saturated heterocycles. The Labute approximate surface area is 199 Å². The molecule has 2 aromatic heterocycles. The van der Waals surface area contributed by atoms with Gasteiger partial charge in [0.15, 0.2) is 0 Å². The average Bonchev–Trinajstić information content (AvgIpc) is 3.27. The summed E-state index contributed by atoms with van der Waals surface area (Å²) in [6.07, 6.45) is 3.36. The Kier molecular flexibility index (Phi) is 8.81. The number of anilines is 1. The highest BCUT2D eigenvalue weighted by Crippen LogP contribution is 2.25. The van der Waals surface area contributed by atoms with Crippen molar-refractivity contribution in [2.45, 2.75) is 13.1 Å². The van der Waals surface area contributed by atoms with Crippen LogP contribution in [0.1, 0.15) is 21.1 Å². The molecule has 3 aromatic rings. The van der Waals surface area contributed by atoms with Gasteiger partial charge >= 0.3 is 6.03 Å². The highest BCUT2D eigenvalue weighted by molar-refractivity contribution is 7.09. The SMILES string of the molecule is COCCN(Cc1nc(C(=O)NCc2cccnc2)cs1)C(=O)Nc1ccc(Cl)c(Cl)c1. The Morgan fingerprint density at radius 3 is 2.78 bits per heavy atom. The standard InChI is InChI=1S/C21H21Cl2N5O3S/c1-31-8-7-28(21(30)26-15-4-5-16(22)17(23)9-15)12-19-27-18(13-32-19)20(29)25-11-14-3-2-6-24-10-14/h2-6,9-10,13H,7-8,11-12H2,1H3,(H,25,29)(H,26,30). The third-order valence-electron chi connectivity index (χ3n) is 4.31. The topological polar surface area (TPSA) is 96.4 Å². The molecule has 0 fully saturated rings. The first kappa shape index (κ1) is 23.9. The van der Waals surface area contributed by atoms with E-state index in [2.05, 4.69) is 20.6 Å². The second-order valence-corrected chi connectivity index (χ2v) is 8.40. The van der Waals surface area contributed by atoms with Crippen LogP contribution in [-0.4, -0.2) is 47.1 Å². The van der Waals surface area contributed by atoms with Gasteiger partial charge in [-0.1, -0.05) is 29.3 Å². The number of rotatable bonds is 9. The molecule has 0 spiro atoms. The Balaban J connectivity index is 1.62. The number of thiazole rings is 1. The predicted octanol–water partition coefficient (Wildman–Crippen LogP) is 4.46. The number of urea groups is 1. The Morgan fingerprint density at radius 2 is 2.06 bits per heavy atom. The van der Waals surface area contributed by atoms with Crippen molar-refractivity contribution in [2.75, 3.05) is 25.6 Å². The largest absolute Gasteiger partial charge is 0.383 e. The maximum Gasteiger partial charge on any atom is 0.322 e. The van der Waals surface area contributed by atoms with E-state index in [9.17, 15) is 9.59 Å². The maximum atomic E-state index is 12.8. The number of nitrogens with one attached hydrogen (secondary N) is 2. The quantitative estimate of drug-likeness (QED) is 0.458. The summed E-state index contributed by atoms with van der Waals surface area (Å²) in [5.41, 5.74) is 1.70. The van der Waals surface area contributed by atoms with Crippen LogP contribution in [0.25, 0.3) is 0 Å². The summed E-state index contributed by atoms with van der Waals surface area (Å²) in [5, 5.41) is 8.63. The average molecular weight is 494 g/mol. The number of nitrogens with zero attached hydrogens (tertiary/aromatic N) is 3. The van der Waals surface area contributed by atoms with Crippen molar-refractivity contribution in [3.05, 3.63) is 74.4 Å². The molecule has 2 N–H and O–H groups in total. The molecule has 0 saturated carbocycles. The van der Waals surface area contributed by atoms with Gasteiger partial charge in [-0.25, -0.2) is 9.78 Å². The van der Waals surface area contributed by atoms with Crippen LogP contribution >= 0.6 is 34.5 Å². The molecule has 168 valence electrons. The molecule has 0 aliphatic heterocycles. The monoisotopic (exact) mass is 493 g/mol. The highest BCUT2D eigenvalue weighted by atomic mass is 35.5. The number of pyridine rings is 1. The molecule has 0 unspecified atom stereocenters. The van der Waals surface area contributed by atoms with E-state index < -0.39 is 0 Å². The maximum absolute atomic E-state index is 12.8. The molecular weight excluding hydrogens is 473 g/mol. The van der Waals surface area contributed by atoms with Crippen LogP contribution in [0, 0.1) is 0 Å². The van der Waals surface area contributed by atoms with E-state index in [1.54, 1.807) is 54.0 Å². The van der Waals surface area contributed by atoms with Crippen molar-refractivity contribution < 1.29 is 14.3 Å². The number of carbonyl (C=O) groups is 2. The van der Waals surface area contributed by atoms with Gasteiger partial charge in [0.1, 0.15) is 10.7 Å². The summed E-state index contributed by atoms with van der Waals surface area (Å²) in [7, 11) is 1.56. The molecule has 0 bridgehead atoms. The highest BCUT2D eigenvalue weighted by Gasteiger charge is 2.18. The number of methoxy groups -OCH3 is 1.